The Morgan fingerprint density at radius 3 is 2.45 bits per heavy atom. The smallest absolute Gasteiger partial charge is 0.158 e. The largest absolute Gasteiger partial charge is 0.235 e. The van der Waals surface area contributed by atoms with Gasteiger partial charge in [-0.1, -0.05) is 0 Å². The lowest BCUT2D eigenvalue weighted by atomic mass is 9.95. The Bertz CT molecular complexity index is 185. The predicted molar refractivity (Wildman–Crippen MR) is 39.4 cm³/mol. The Balaban J connectivity index is 2.05. The van der Waals surface area contributed by atoms with E-state index in [4.69, 9.17) is 0 Å². The minimum absolute atomic E-state index is 0.117. The van der Waals surface area contributed by atoms with Gasteiger partial charge in [-0.15, -0.1) is 5.43 Å². The van der Waals surface area contributed by atoms with Crippen molar-refractivity contribution in [1.29, 1.82) is 0 Å². The van der Waals surface area contributed by atoms with Crippen molar-refractivity contribution in [3.63, 3.8) is 0 Å². The SMILES string of the molecule is O=[N+]([O-])NC12CCC(CC1)C2. The van der Waals surface area contributed by atoms with Gasteiger partial charge < -0.3 is 0 Å². The standard InChI is InChI=1S/C7H12N2O2/c10-9(11)8-7-3-1-6(5-7)2-4-7/h6,8H,1-5H2. The summed E-state index contributed by atoms with van der Waals surface area (Å²) in [7, 11) is 0. The van der Waals surface area contributed by atoms with Crippen molar-refractivity contribution in [2.24, 2.45) is 5.92 Å². The fourth-order valence-corrected chi connectivity index (χ4v) is 2.54. The molecular formula is C7H12N2O2. The maximum Gasteiger partial charge on any atom is 0.158 e. The van der Waals surface area contributed by atoms with Crippen LogP contribution in [0.4, 0.5) is 0 Å². The summed E-state index contributed by atoms with van der Waals surface area (Å²) in [6, 6.07) is 0. The van der Waals surface area contributed by atoms with E-state index in [1.165, 1.54) is 12.8 Å². The molecule has 0 radical (unpaired) electrons. The van der Waals surface area contributed by atoms with E-state index in [9.17, 15) is 10.1 Å². The van der Waals surface area contributed by atoms with E-state index < -0.39 is 0 Å². The summed E-state index contributed by atoms with van der Waals surface area (Å²) < 4.78 is 0. The zero-order valence-corrected chi connectivity index (χ0v) is 6.38. The monoisotopic (exact) mass is 156 g/mol. The van der Waals surface area contributed by atoms with Gasteiger partial charge in [0.1, 0.15) is 0 Å². The van der Waals surface area contributed by atoms with Gasteiger partial charge in [-0.3, -0.25) is 0 Å². The molecule has 11 heavy (non-hydrogen) atoms. The highest BCUT2D eigenvalue weighted by molar-refractivity contribution is 5.00. The molecular weight excluding hydrogens is 144 g/mol. The number of nitrogens with zero attached hydrogens (tertiary/aromatic N) is 1. The van der Waals surface area contributed by atoms with E-state index in [1.54, 1.807) is 0 Å². The summed E-state index contributed by atoms with van der Waals surface area (Å²) in [6.45, 7) is 0. The maximum atomic E-state index is 10.2. The summed E-state index contributed by atoms with van der Waals surface area (Å²) >= 11 is 0. The average molecular weight is 156 g/mol. The molecule has 1 N–H and O–H groups in total. The minimum atomic E-state index is -0.381. The van der Waals surface area contributed by atoms with Gasteiger partial charge in [-0.25, -0.2) is 10.1 Å². The van der Waals surface area contributed by atoms with Gasteiger partial charge in [0.15, 0.2) is 5.03 Å². The molecule has 0 aromatic rings. The molecule has 0 unspecified atom stereocenters. The van der Waals surface area contributed by atoms with Crippen LogP contribution in [0.3, 0.4) is 0 Å². The Kier molecular flexibility index (Phi) is 1.31. The molecule has 0 saturated heterocycles. The highest BCUT2D eigenvalue weighted by atomic mass is 16.7. The van der Waals surface area contributed by atoms with Crippen LogP contribution in [-0.4, -0.2) is 10.6 Å². The molecule has 0 heterocycles. The van der Waals surface area contributed by atoms with Gasteiger partial charge in [0.05, 0.1) is 5.54 Å². The van der Waals surface area contributed by atoms with Crippen LogP contribution in [0.5, 0.6) is 0 Å². The third-order valence-corrected chi connectivity index (χ3v) is 3.07. The molecule has 0 aromatic carbocycles. The Labute approximate surface area is 65.1 Å². The van der Waals surface area contributed by atoms with Gasteiger partial charge >= 0.3 is 0 Å². The summed E-state index contributed by atoms with van der Waals surface area (Å²) in [5.41, 5.74) is 2.35. The van der Waals surface area contributed by atoms with Crippen molar-refractivity contribution in [3.8, 4) is 0 Å². The average Bonchev–Trinajstić information content (AvgIpc) is 2.43. The molecule has 0 spiro atoms. The van der Waals surface area contributed by atoms with Crippen LogP contribution < -0.4 is 5.43 Å². The summed E-state index contributed by atoms with van der Waals surface area (Å²) in [5.74, 6) is 0.766. The van der Waals surface area contributed by atoms with Gasteiger partial charge in [0.2, 0.25) is 0 Å². The Morgan fingerprint density at radius 1 is 1.45 bits per heavy atom. The molecule has 0 aliphatic heterocycles. The van der Waals surface area contributed by atoms with Gasteiger partial charge in [0.25, 0.3) is 0 Å². The molecule has 0 atom stereocenters. The molecule has 0 aromatic heterocycles. The van der Waals surface area contributed by atoms with Gasteiger partial charge in [0, 0.05) is 0 Å². The van der Waals surface area contributed by atoms with E-state index in [0.717, 1.165) is 25.2 Å². The summed E-state index contributed by atoms with van der Waals surface area (Å²) in [5, 5.41) is 9.85. The first-order valence-corrected chi connectivity index (χ1v) is 4.12. The second kappa shape index (κ2) is 2.09. The maximum absolute atomic E-state index is 10.2. The second-order valence-electron chi connectivity index (χ2n) is 3.80. The van der Waals surface area contributed by atoms with E-state index in [0.29, 0.717) is 0 Å². The predicted octanol–water partition coefficient (Wildman–Crippen LogP) is 1.10. The Morgan fingerprint density at radius 2 is 2.09 bits per heavy atom. The van der Waals surface area contributed by atoms with Crippen LogP contribution in [0, 0.1) is 16.0 Å². The van der Waals surface area contributed by atoms with E-state index in [2.05, 4.69) is 5.43 Å². The van der Waals surface area contributed by atoms with Crippen molar-refractivity contribution in [2.45, 2.75) is 37.6 Å². The lowest BCUT2D eigenvalue weighted by Crippen LogP contribution is -2.44. The zero-order chi connectivity index (χ0) is 7.90. The first-order chi connectivity index (χ1) is 5.20. The first kappa shape index (κ1) is 6.88. The topological polar surface area (TPSA) is 55.2 Å². The van der Waals surface area contributed by atoms with E-state index in [1.807, 2.05) is 0 Å². The summed E-state index contributed by atoms with van der Waals surface area (Å²) in [4.78, 5) is 10.2. The zero-order valence-electron chi connectivity index (χ0n) is 6.38. The highest BCUT2D eigenvalue weighted by Gasteiger charge is 2.47. The van der Waals surface area contributed by atoms with Crippen molar-refractivity contribution < 1.29 is 5.03 Å². The molecule has 0 amide bonds. The number of hydrogen-bond donors (Lipinski definition) is 1. The van der Waals surface area contributed by atoms with Gasteiger partial charge in [-0.05, 0) is 38.0 Å². The molecule has 2 fully saturated rings. The quantitative estimate of drug-likeness (QED) is 0.481. The molecule has 4 heteroatoms. The fourth-order valence-electron chi connectivity index (χ4n) is 2.54. The van der Waals surface area contributed by atoms with Crippen molar-refractivity contribution in [2.75, 3.05) is 0 Å². The van der Waals surface area contributed by atoms with Crippen LogP contribution in [-0.2, 0) is 0 Å². The number of rotatable bonds is 2. The molecule has 62 valence electrons. The van der Waals surface area contributed by atoms with Crippen molar-refractivity contribution in [1.82, 2.24) is 5.43 Å². The van der Waals surface area contributed by atoms with Crippen molar-refractivity contribution in [3.05, 3.63) is 10.1 Å². The van der Waals surface area contributed by atoms with Crippen LogP contribution >= 0.6 is 0 Å². The molecule has 2 aliphatic carbocycles. The number of nitro groups is 1. The molecule has 2 saturated carbocycles. The molecule has 2 rings (SSSR count). The van der Waals surface area contributed by atoms with Crippen molar-refractivity contribution >= 4 is 0 Å². The van der Waals surface area contributed by atoms with Crippen LogP contribution in [0.15, 0.2) is 0 Å². The number of hydrazine groups is 1. The molecule has 2 aliphatic rings. The normalized spacial score (nSPS) is 40.9. The van der Waals surface area contributed by atoms with Crippen LogP contribution in [0.1, 0.15) is 32.1 Å². The lowest BCUT2D eigenvalue weighted by Gasteiger charge is -2.21. The third-order valence-electron chi connectivity index (χ3n) is 3.07. The molecule has 4 nitrogen and oxygen atoms in total. The Hall–Kier alpha value is -0.800. The molecule has 2 bridgehead atoms. The number of nitrogens with one attached hydrogen (secondary N) is 1. The third kappa shape index (κ3) is 1.06. The highest BCUT2D eigenvalue weighted by Crippen LogP contribution is 2.47. The second-order valence-corrected chi connectivity index (χ2v) is 3.80. The number of fused-ring (bicyclic) bond motifs is 2. The van der Waals surface area contributed by atoms with E-state index in [-0.39, 0.29) is 10.6 Å². The first-order valence-electron chi connectivity index (χ1n) is 4.12. The fraction of sp³-hybridized carbons (Fsp3) is 1.00. The minimum Gasteiger partial charge on any atom is -0.235 e. The summed E-state index contributed by atoms with van der Waals surface area (Å²) in [6.07, 6.45) is 5.38. The van der Waals surface area contributed by atoms with Crippen LogP contribution in [0.25, 0.3) is 0 Å². The lowest BCUT2D eigenvalue weighted by molar-refractivity contribution is -0.559. The van der Waals surface area contributed by atoms with E-state index >= 15 is 0 Å². The van der Waals surface area contributed by atoms with Crippen LogP contribution in [0.2, 0.25) is 0 Å². The van der Waals surface area contributed by atoms with Gasteiger partial charge in [-0.2, -0.15) is 0 Å². The number of hydrogen-bond acceptors (Lipinski definition) is 2.